The fourth-order valence-electron chi connectivity index (χ4n) is 2.57. The molecule has 0 bridgehead atoms. The molecule has 1 unspecified atom stereocenters. The molecule has 0 aromatic rings. The van der Waals surface area contributed by atoms with Crippen molar-refractivity contribution in [3.8, 4) is 0 Å². The summed E-state index contributed by atoms with van der Waals surface area (Å²) in [4.78, 5) is 11.4. The van der Waals surface area contributed by atoms with E-state index >= 15 is 0 Å². The van der Waals surface area contributed by atoms with E-state index in [1.54, 1.807) is 6.92 Å². The third kappa shape index (κ3) is 15.4. The molecule has 7 heteroatoms. The van der Waals surface area contributed by atoms with E-state index in [1.165, 1.54) is 32.1 Å². The maximum Gasteiger partial charge on any atom is 0.267 e. The molecule has 0 aliphatic carbocycles. The van der Waals surface area contributed by atoms with E-state index in [-0.39, 0.29) is 29.6 Å². The average Bonchev–Trinajstić information content (AvgIpc) is 2.39. The summed E-state index contributed by atoms with van der Waals surface area (Å²) < 4.78 is 31.3. The van der Waals surface area contributed by atoms with Gasteiger partial charge < -0.3 is 5.32 Å². The van der Waals surface area contributed by atoms with Crippen molar-refractivity contribution in [3.05, 3.63) is 12.7 Å². The van der Waals surface area contributed by atoms with Gasteiger partial charge in [-0.1, -0.05) is 64.9 Å². The van der Waals surface area contributed by atoms with Crippen LogP contribution in [0.1, 0.15) is 71.6 Å². The summed E-state index contributed by atoms with van der Waals surface area (Å²) >= 11 is 0. The maximum absolute atomic E-state index is 11.4. The summed E-state index contributed by atoms with van der Waals surface area (Å²) in [5.41, 5.74) is -0.957. The second-order valence-corrected chi connectivity index (χ2v) is 7.66. The van der Waals surface area contributed by atoms with Crippen LogP contribution in [0.5, 0.6) is 0 Å². The fourth-order valence-corrected chi connectivity index (χ4v) is 3.59. The van der Waals surface area contributed by atoms with Crippen LogP contribution in [-0.4, -0.2) is 59.7 Å². The van der Waals surface area contributed by atoms with Gasteiger partial charge in [-0.2, -0.15) is 8.42 Å². The third-order valence-corrected chi connectivity index (χ3v) is 4.70. The second-order valence-electron chi connectivity index (χ2n) is 6.21. The van der Waals surface area contributed by atoms with Crippen molar-refractivity contribution in [1.29, 1.82) is 0 Å². The summed E-state index contributed by atoms with van der Waals surface area (Å²) in [7, 11) is -4.14. The molecule has 0 saturated heterocycles. The topological polar surface area (TPSA) is 83.5 Å². The molecule has 0 spiro atoms. The molecule has 0 fully saturated rings. The van der Waals surface area contributed by atoms with Gasteiger partial charge in [0.1, 0.15) is 0 Å². The van der Waals surface area contributed by atoms with Gasteiger partial charge in [0.15, 0.2) is 0 Å². The molecule has 1 atom stereocenters. The molecular formula is C16H31NNaO4S. The molecule has 1 radical (unpaired) electrons. The number of carbonyl (C=O) groups is 1. The minimum Gasteiger partial charge on any atom is -0.346 e. The molecule has 131 valence electrons. The number of hydrogen-bond donors (Lipinski definition) is 2. The van der Waals surface area contributed by atoms with Crippen molar-refractivity contribution in [1.82, 2.24) is 5.32 Å². The SMILES string of the molecule is C=CC(=O)NC(C)(CCCCCCCCCC)CS(=O)(=O)O.[Na]. The molecule has 0 aliphatic heterocycles. The standard InChI is InChI=1S/C16H31NO4S.Na/c1-4-6-7-8-9-10-11-12-13-16(3,14-22(19,20)21)17-15(18)5-2;/h5H,2,4,6-14H2,1,3H3,(H,17,18)(H,19,20,21);. The van der Waals surface area contributed by atoms with Gasteiger partial charge in [0.05, 0.1) is 11.3 Å². The van der Waals surface area contributed by atoms with Crippen LogP contribution >= 0.6 is 0 Å². The van der Waals surface area contributed by atoms with Crippen LogP contribution < -0.4 is 5.32 Å². The molecule has 5 nitrogen and oxygen atoms in total. The number of unbranched alkanes of at least 4 members (excludes halogenated alkanes) is 7. The molecule has 0 aromatic heterocycles. The Morgan fingerprint density at radius 2 is 1.61 bits per heavy atom. The van der Waals surface area contributed by atoms with Crippen molar-refractivity contribution in [2.45, 2.75) is 77.2 Å². The summed E-state index contributed by atoms with van der Waals surface area (Å²) in [5.74, 6) is -0.901. The first-order chi connectivity index (χ1) is 10.2. The smallest absolute Gasteiger partial charge is 0.267 e. The van der Waals surface area contributed by atoms with Crippen molar-refractivity contribution in [2.75, 3.05) is 5.75 Å². The minimum absolute atomic E-state index is 0. The monoisotopic (exact) mass is 356 g/mol. The predicted octanol–water partition coefficient (Wildman–Crippen LogP) is 3.09. The zero-order chi connectivity index (χ0) is 17.1. The first-order valence-corrected chi connectivity index (χ1v) is 9.73. The van der Waals surface area contributed by atoms with Gasteiger partial charge in [0, 0.05) is 29.6 Å². The van der Waals surface area contributed by atoms with E-state index in [0.29, 0.717) is 6.42 Å². The molecule has 0 aliphatic rings. The molecule has 1 amide bonds. The Morgan fingerprint density at radius 3 is 2.04 bits per heavy atom. The van der Waals surface area contributed by atoms with Crippen molar-refractivity contribution in [2.24, 2.45) is 0 Å². The first kappa shape index (κ1) is 25.4. The van der Waals surface area contributed by atoms with Gasteiger partial charge in [0.25, 0.3) is 10.1 Å². The van der Waals surface area contributed by atoms with Crippen LogP contribution in [0.15, 0.2) is 12.7 Å². The zero-order valence-electron chi connectivity index (χ0n) is 14.9. The number of amides is 1. The quantitative estimate of drug-likeness (QED) is 0.230. The second kappa shape index (κ2) is 13.4. The molecule has 0 heterocycles. The summed E-state index contributed by atoms with van der Waals surface area (Å²) in [6, 6.07) is 0. The number of carbonyl (C=O) groups excluding carboxylic acids is 1. The fraction of sp³-hybridized carbons (Fsp3) is 0.812. The zero-order valence-corrected chi connectivity index (χ0v) is 17.8. The Labute approximate surface area is 163 Å². The van der Waals surface area contributed by atoms with Crippen molar-refractivity contribution < 1.29 is 17.8 Å². The number of rotatable bonds is 13. The van der Waals surface area contributed by atoms with E-state index in [1.807, 2.05) is 0 Å². The predicted molar refractivity (Wildman–Crippen MR) is 96.1 cm³/mol. The van der Waals surface area contributed by atoms with Gasteiger partial charge in [-0.05, 0) is 19.4 Å². The molecule has 2 N–H and O–H groups in total. The Morgan fingerprint density at radius 1 is 1.13 bits per heavy atom. The molecule has 0 saturated carbocycles. The van der Waals surface area contributed by atoms with Gasteiger partial charge in [0.2, 0.25) is 5.91 Å². The van der Waals surface area contributed by atoms with Gasteiger partial charge in [-0.3, -0.25) is 9.35 Å². The average molecular weight is 356 g/mol. The molecule has 0 rings (SSSR count). The Bertz CT molecular complexity index is 439. The van der Waals surface area contributed by atoms with Crippen LogP contribution in [0.4, 0.5) is 0 Å². The van der Waals surface area contributed by atoms with Crippen LogP contribution in [-0.2, 0) is 14.9 Å². The van der Waals surface area contributed by atoms with E-state index in [4.69, 9.17) is 4.55 Å². The van der Waals surface area contributed by atoms with Crippen LogP contribution in [0.2, 0.25) is 0 Å². The number of nitrogens with one attached hydrogen (secondary N) is 1. The molecule has 0 aromatic carbocycles. The van der Waals surface area contributed by atoms with E-state index in [0.717, 1.165) is 25.3 Å². The molecular weight excluding hydrogens is 325 g/mol. The van der Waals surface area contributed by atoms with Crippen LogP contribution in [0.3, 0.4) is 0 Å². The Hall–Kier alpha value is 0.120. The van der Waals surface area contributed by atoms with E-state index in [2.05, 4.69) is 18.8 Å². The van der Waals surface area contributed by atoms with Gasteiger partial charge in [-0.15, -0.1) is 0 Å². The summed E-state index contributed by atoms with van der Waals surface area (Å²) in [6.45, 7) is 7.19. The Balaban J connectivity index is 0. The summed E-state index contributed by atoms with van der Waals surface area (Å²) in [5, 5.41) is 2.62. The van der Waals surface area contributed by atoms with Gasteiger partial charge in [-0.25, -0.2) is 0 Å². The maximum atomic E-state index is 11.4. The summed E-state index contributed by atoms with van der Waals surface area (Å²) in [6.07, 6.45) is 10.8. The first-order valence-electron chi connectivity index (χ1n) is 8.12. The number of hydrogen-bond acceptors (Lipinski definition) is 3. The van der Waals surface area contributed by atoms with Crippen LogP contribution in [0.25, 0.3) is 0 Å². The largest absolute Gasteiger partial charge is 0.346 e. The van der Waals surface area contributed by atoms with Crippen LogP contribution in [0, 0.1) is 0 Å². The van der Waals surface area contributed by atoms with Crippen molar-refractivity contribution in [3.63, 3.8) is 0 Å². The van der Waals surface area contributed by atoms with Gasteiger partial charge >= 0.3 is 0 Å². The van der Waals surface area contributed by atoms with Crippen molar-refractivity contribution >= 4 is 45.6 Å². The minimum atomic E-state index is -4.14. The Kier molecular flexibility index (Phi) is 14.8. The molecule has 23 heavy (non-hydrogen) atoms. The van der Waals surface area contributed by atoms with E-state index in [9.17, 15) is 13.2 Å². The normalized spacial score (nSPS) is 13.7. The third-order valence-electron chi connectivity index (χ3n) is 3.69. The van der Waals surface area contributed by atoms with E-state index < -0.39 is 27.3 Å².